The first-order valence-electron chi connectivity index (χ1n) is 2.15. The fraction of sp³-hybridized carbons (Fsp3) is 0. The molecule has 0 unspecified atom stereocenters. The molecule has 2 N–H and O–H groups in total. The molecule has 0 radical (unpaired) electrons. The minimum Gasteiger partial charge on any atom is -0.326 e. The molecule has 0 aliphatic heterocycles. The Hall–Kier alpha value is -0.630. The van der Waals surface area contributed by atoms with Gasteiger partial charge in [-0.15, -0.1) is 39.5 Å². The fourth-order valence-corrected chi connectivity index (χ4v) is 0. The number of hydrogen-bond donors (Lipinski definition) is 2. The summed E-state index contributed by atoms with van der Waals surface area (Å²) in [6.07, 6.45) is 0. The molecule has 0 amide bonds. The molecule has 0 saturated carbocycles. The molecular weight excluding hydrogens is 151 g/mol. The molecule has 0 rings (SSSR count). The summed E-state index contributed by atoms with van der Waals surface area (Å²) >= 11 is 0. The van der Waals surface area contributed by atoms with E-state index < -0.39 is 8.25 Å². The van der Waals surface area contributed by atoms with Crippen LogP contribution in [0.4, 0.5) is 0 Å². The Morgan fingerprint density at radius 2 is 0.800 bits per heavy atom. The molecule has 0 bridgehead atoms. The summed E-state index contributed by atoms with van der Waals surface area (Å²) in [6.45, 7) is 18.0. The highest BCUT2D eigenvalue weighted by Crippen LogP contribution is 1.98. The smallest absolute Gasteiger partial charge is 0.314 e. The van der Waals surface area contributed by atoms with E-state index in [1.807, 2.05) is 0 Å². The minimum atomic E-state index is -3.13. The monoisotopic (exact) mass is 166 g/mol. The van der Waals surface area contributed by atoms with Gasteiger partial charge in [0, 0.05) is 0 Å². The van der Waals surface area contributed by atoms with E-state index in [2.05, 4.69) is 39.5 Å². The van der Waals surface area contributed by atoms with Gasteiger partial charge in [-0.3, -0.25) is 4.57 Å². The van der Waals surface area contributed by atoms with Crippen molar-refractivity contribution in [2.45, 2.75) is 0 Å². The van der Waals surface area contributed by atoms with Gasteiger partial charge < -0.3 is 9.79 Å². The Kier molecular flexibility index (Phi) is 184. The van der Waals surface area contributed by atoms with E-state index >= 15 is 0 Å². The van der Waals surface area contributed by atoms with Crippen molar-refractivity contribution in [1.29, 1.82) is 0 Å². The summed E-state index contributed by atoms with van der Waals surface area (Å²) in [5, 5.41) is 0. The lowest BCUT2D eigenvalue weighted by Crippen LogP contribution is -1.38. The maximum atomic E-state index is 8.74. The van der Waals surface area contributed by atoms with Crippen LogP contribution in [0.25, 0.3) is 0 Å². The third-order valence-electron chi connectivity index (χ3n) is 0. The summed E-state index contributed by atoms with van der Waals surface area (Å²) in [5.74, 6) is 0. The van der Waals surface area contributed by atoms with Crippen molar-refractivity contribution in [2.24, 2.45) is 0 Å². The van der Waals surface area contributed by atoms with Gasteiger partial charge in [-0.2, -0.15) is 0 Å². The zero-order valence-corrected chi connectivity index (χ0v) is 7.05. The fourth-order valence-electron chi connectivity index (χ4n) is 0. The SMILES string of the molecule is C=C.C=C.C=C.O=[PH](O)O. The molecule has 0 aliphatic carbocycles. The average Bonchev–Trinajstić information content (AvgIpc) is 1.98. The van der Waals surface area contributed by atoms with Crippen LogP contribution in [-0.4, -0.2) is 9.79 Å². The minimum absolute atomic E-state index is 3.00. The van der Waals surface area contributed by atoms with Crippen molar-refractivity contribution in [2.75, 3.05) is 0 Å². The molecule has 0 saturated heterocycles. The van der Waals surface area contributed by atoms with Gasteiger partial charge in [0.15, 0.2) is 0 Å². The van der Waals surface area contributed by atoms with Gasteiger partial charge in [-0.1, -0.05) is 0 Å². The standard InChI is InChI=1S/3C2H4.H3O3P/c3*1-2;1-4(2)3/h3*1-2H2;4H,(H2,1,2,3). The second kappa shape index (κ2) is 80.9. The molecule has 0 atom stereocenters. The van der Waals surface area contributed by atoms with Crippen LogP contribution >= 0.6 is 8.25 Å². The molecule has 0 aromatic rings. The van der Waals surface area contributed by atoms with Crippen molar-refractivity contribution in [1.82, 2.24) is 0 Å². The van der Waals surface area contributed by atoms with E-state index in [1.165, 1.54) is 0 Å². The van der Waals surface area contributed by atoms with Crippen LogP contribution in [-0.2, 0) is 4.57 Å². The van der Waals surface area contributed by atoms with Crippen molar-refractivity contribution >= 4 is 8.25 Å². The lowest BCUT2D eigenvalue weighted by Gasteiger charge is -1.61. The van der Waals surface area contributed by atoms with Gasteiger partial charge in [0.05, 0.1) is 0 Å². The van der Waals surface area contributed by atoms with Crippen LogP contribution in [0.15, 0.2) is 39.5 Å². The highest BCUT2D eigenvalue weighted by molar-refractivity contribution is 7.30. The Morgan fingerprint density at radius 1 is 0.800 bits per heavy atom. The van der Waals surface area contributed by atoms with Crippen LogP contribution in [0.5, 0.6) is 0 Å². The number of hydrogen-bond acceptors (Lipinski definition) is 1. The van der Waals surface area contributed by atoms with Crippen molar-refractivity contribution in [3.8, 4) is 0 Å². The maximum absolute atomic E-state index is 8.74. The van der Waals surface area contributed by atoms with Crippen LogP contribution < -0.4 is 0 Å². The zero-order valence-electron chi connectivity index (χ0n) is 6.05. The highest BCUT2D eigenvalue weighted by atomic mass is 31.1. The molecule has 0 aliphatic rings. The van der Waals surface area contributed by atoms with Crippen molar-refractivity contribution in [3.05, 3.63) is 39.5 Å². The Labute approximate surface area is 63.0 Å². The predicted octanol–water partition coefficient (Wildman–Crippen LogP) is 1.77. The lowest BCUT2D eigenvalue weighted by atomic mass is 11.3. The summed E-state index contributed by atoms with van der Waals surface area (Å²) in [5.41, 5.74) is 0. The second-order valence-corrected chi connectivity index (χ2v) is 0.848. The average molecular weight is 166 g/mol. The van der Waals surface area contributed by atoms with Gasteiger partial charge >= 0.3 is 8.25 Å². The summed E-state index contributed by atoms with van der Waals surface area (Å²) in [7, 11) is -3.13. The first-order valence-corrected chi connectivity index (χ1v) is 3.45. The second-order valence-electron chi connectivity index (χ2n) is 0.283. The Morgan fingerprint density at radius 3 is 0.800 bits per heavy atom. The molecule has 4 heteroatoms. The van der Waals surface area contributed by atoms with Gasteiger partial charge in [0.1, 0.15) is 0 Å². The largest absolute Gasteiger partial charge is 0.326 e. The van der Waals surface area contributed by atoms with Crippen molar-refractivity contribution < 1.29 is 14.4 Å². The third-order valence-corrected chi connectivity index (χ3v) is 0. The molecule has 62 valence electrons. The zero-order chi connectivity index (χ0) is 9.58. The molecule has 0 fully saturated rings. The van der Waals surface area contributed by atoms with E-state index in [0.717, 1.165) is 0 Å². The summed E-state index contributed by atoms with van der Waals surface area (Å²) in [6, 6.07) is 0. The quantitative estimate of drug-likeness (QED) is 0.426. The highest BCUT2D eigenvalue weighted by Gasteiger charge is 1.61. The molecular formula is C6H15O3P. The number of rotatable bonds is 0. The Bertz CT molecular complexity index is 57.3. The van der Waals surface area contributed by atoms with Crippen molar-refractivity contribution in [3.63, 3.8) is 0 Å². The maximum Gasteiger partial charge on any atom is 0.314 e. The first-order chi connectivity index (χ1) is 4.73. The van der Waals surface area contributed by atoms with Crippen LogP contribution in [0, 0.1) is 0 Å². The predicted molar refractivity (Wildman–Crippen MR) is 47.2 cm³/mol. The third kappa shape index (κ3) is 753. The van der Waals surface area contributed by atoms with Crippen LogP contribution in [0.3, 0.4) is 0 Å². The van der Waals surface area contributed by atoms with E-state index in [9.17, 15) is 0 Å². The van der Waals surface area contributed by atoms with Gasteiger partial charge in [0.2, 0.25) is 0 Å². The molecule has 0 heterocycles. The van der Waals surface area contributed by atoms with E-state index in [1.54, 1.807) is 0 Å². The lowest BCUT2D eigenvalue weighted by molar-refractivity contribution is 0.405. The molecule has 0 aromatic carbocycles. The van der Waals surface area contributed by atoms with E-state index in [-0.39, 0.29) is 0 Å². The summed E-state index contributed by atoms with van der Waals surface area (Å²) < 4.78 is 8.74. The first kappa shape index (κ1) is 22.8. The van der Waals surface area contributed by atoms with E-state index in [4.69, 9.17) is 14.4 Å². The Balaban J connectivity index is -0.0000000262. The van der Waals surface area contributed by atoms with E-state index in [0.29, 0.717) is 0 Å². The molecule has 10 heavy (non-hydrogen) atoms. The van der Waals surface area contributed by atoms with Gasteiger partial charge in [0.25, 0.3) is 0 Å². The van der Waals surface area contributed by atoms with Crippen LogP contribution in [0.2, 0.25) is 0 Å². The summed E-state index contributed by atoms with van der Waals surface area (Å²) in [4.78, 5) is 14.3. The van der Waals surface area contributed by atoms with Gasteiger partial charge in [-0.25, -0.2) is 0 Å². The normalized spacial score (nSPS) is 4.70. The molecule has 3 nitrogen and oxygen atoms in total. The topological polar surface area (TPSA) is 57.5 Å². The molecule has 0 aromatic heterocycles. The molecule has 0 spiro atoms. The van der Waals surface area contributed by atoms with Crippen LogP contribution in [0.1, 0.15) is 0 Å². The van der Waals surface area contributed by atoms with Gasteiger partial charge in [-0.05, 0) is 0 Å².